The number of ether oxygens (including phenoxy) is 3. The molecule has 2 aromatic rings. The number of H-pyrrole nitrogens is 1. The molecule has 0 saturated carbocycles. The van der Waals surface area contributed by atoms with Crippen molar-refractivity contribution in [1.82, 2.24) is 4.98 Å². The number of hydrogen-bond donors (Lipinski definition) is 1. The van der Waals surface area contributed by atoms with Crippen LogP contribution in [0, 0.1) is 17.8 Å². The van der Waals surface area contributed by atoms with E-state index in [2.05, 4.69) is 4.98 Å². The van der Waals surface area contributed by atoms with Crippen LogP contribution in [0.1, 0.15) is 12.0 Å². The van der Waals surface area contributed by atoms with Gasteiger partial charge >= 0.3 is 17.9 Å². The Morgan fingerprint density at radius 1 is 1.19 bits per heavy atom. The molecule has 1 aromatic carbocycles. The molecule has 4 heterocycles. The van der Waals surface area contributed by atoms with Crippen LogP contribution >= 0.6 is 0 Å². The summed E-state index contributed by atoms with van der Waals surface area (Å²) in [5, 5.41) is 1.00. The van der Waals surface area contributed by atoms with Crippen LogP contribution in [0.2, 0.25) is 0 Å². The Bertz CT molecular complexity index is 918. The van der Waals surface area contributed by atoms with E-state index in [9.17, 15) is 14.4 Å². The first kappa shape index (κ1) is 15.6. The van der Waals surface area contributed by atoms with Gasteiger partial charge in [-0.1, -0.05) is 18.2 Å². The fourth-order valence-electron chi connectivity index (χ4n) is 4.51. The molecule has 3 aliphatic rings. The second-order valence-corrected chi connectivity index (χ2v) is 7.15. The molecule has 2 bridgehead atoms. The molecule has 26 heavy (non-hydrogen) atoms. The minimum Gasteiger partial charge on any atom is -0.465 e. The highest BCUT2D eigenvalue weighted by Crippen LogP contribution is 2.50. The minimum atomic E-state index is -0.543. The van der Waals surface area contributed by atoms with Crippen LogP contribution < -0.4 is 0 Å². The van der Waals surface area contributed by atoms with Gasteiger partial charge < -0.3 is 19.2 Å². The fraction of sp³-hybridized carbons (Fsp3) is 0.421. The highest BCUT2D eigenvalue weighted by Gasteiger charge is 2.64. The Hall–Kier alpha value is -2.67. The molecule has 1 N–H and O–H groups in total. The van der Waals surface area contributed by atoms with Crippen molar-refractivity contribution in [3.8, 4) is 0 Å². The highest BCUT2D eigenvalue weighted by molar-refractivity contribution is 5.98. The summed E-state index contributed by atoms with van der Waals surface area (Å²) < 4.78 is 15.9. The van der Waals surface area contributed by atoms with Crippen molar-refractivity contribution in [2.45, 2.75) is 25.0 Å². The molecule has 1 aromatic heterocycles. The molecular formula is C19H17NO6. The monoisotopic (exact) mass is 355 g/mol. The summed E-state index contributed by atoms with van der Waals surface area (Å²) >= 11 is 0. The lowest BCUT2D eigenvalue weighted by atomic mass is 9.75. The van der Waals surface area contributed by atoms with Gasteiger partial charge in [0.15, 0.2) is 0 Å². The molecule has 7 nitrogen and oxygen atoms in total. The Morgan fingerprint density at radius 2 is 2.00 bits per heavy atom. The van der Waals surface area contributed by atoms with E-state index >= 15 is 0 Å². The van der Waals surface area contributed by atoms with Crippen LogP contribution in [0.25, 0.3) is 10.9 Å². The average molecular weight is 355 g/mol. The summed E-state index contributed by atoms with van der Waals surface area (Å²) in [7, 11) is 0. The standard InChI is InChI=1S/C19H17NO6/c21-14(6-9-7-20-12-4-2-1-3-11(9)12)24-8-10-5-13-15-16(17(10)25-13)19(23)26-18(15)22/h1-4,7,10,13,15-17,20H,5-6,8H2/t10-,13+,15+,16+,17-/m1/s1. The van der Waals surface area contributed by atoms with Gasteiger partial charge in [0.1, 0.15) is 0 Å². The molecule has 3 fully saturated rings. The highest BCUT2D eigenvalue weighted by atomic mass is 16.6. The lowest BCUT2D eigenvalue weighted by Gasteiger charge is -2.23. The largest absolute Gasteiger partial charge is 0.465 e. The van der Waals surface area contributed by atoms with Crippen molar-refractivity contribution in [3.05, 3.63) is 36.0 Å². The summed E-state index contributed by atoms with van der Waals surface area (Å²) in [5.41, 5.74) is 1.87. The van der Waals surface area contributed by atoms with Crippen LogP contribution in [0.3, 0.4) is 0 Å². The Morgan fingerprint density at radius 3 is 2.88 bits per heavy atom. The summed E-state index contributed by atoms with van der Waals surface area (Å²) in [6.45, 7) is 0.188. The summed E-state index contributed by atoms with van der Waals surface area (Å²) in [6, 6.07) is 7.77. The molecular weight excluding hydrogens is 338 g/mol. The second-order valence-electron chi connectivity index (χ2n) is 7.15. The molecule has 3 aliphatic heterocycles. The quantitative estimate of drug-likeness (QED) is 0.657. The molecule has 0 aliphatic carbocycles. The van der Waals surface area contributed by atoms with Gasteiger partial charge in [0.05, 0.1) is 37.1 Å². The zero-order valence-corrected chi connectivity index (χ0v) is 13.8. The van der Waals surface area contributed by atoms with Crippen molar-refractivity contribution in [2.75, 3.05) is 6.61 Å². The van der Waals surface area contributed by atoms with E-state index < -0.39 is 29.9 Å². The summed E-state index contributed by atoms with van der Waals surface area (Å²) in [6.07, 6.45) is 1.90. The lowest BCUT2D eigenvalue weighted by Crippen LogP contribution is -2.37. The van der Waals surface area contributed by atoms with Gasteiger partial charge in [0, 0.05) is 23.0 Å². The number of para-hydroxylation sites is 1. The van der Waals surface area contributed by atoms with Gasteiger partial charge in [-0.2, -0.15) is 0 Å². The van der Waals surface area contributed by atoms with Gasteiger partial charge in [-0.05, 0) is 18.1 Å². The van der Waals surface area contributed by atoms with Gasteiger partial charge in [0.25, 0.3) is 0 Å². The van der Waals surface area contributed by atoms with E-state index in [1.165, 1.54) is 0 Å². The number of carbonyl (C=O) groups is 3. The Balaban J connectivity index is 1.22. The van der Waals surface area contributed by atoms with E-state index in [0.717, 1.165) is 16.5 Å². The first-order valence-electron chi connectivity index (χ1n) is 8.73. The van der Waals surface area contributed by atoms with Gasteiger partial charge in [-0.3, -0.25) is 14.4 Å². The average Bonchev–Trinajstić information content (AvgIpc) is 3.37. The number of esters is 3. The van der Waals surface area contributed by atoms with Crippen LogP contribution in [0.5, 0.6) is 0 Å². The second kappa shape index (κ2) is 5.67. The van der Waals surface area contributed by atoms with E-state index in [4.69, 9.17) is 14.2 Å². The SMILES string of the molecule is O=C(Cc1c[nH]c2ccccc12)OC[C@H]1C[C@@H]2O[C@H]1[C@H]1C(=O)OC(=O)[C@H]12. The van der Waals surface area contributed by atoms with Gasteiger partial charge in [-0.15, -0.1) is 0 Å². The number of benzene rings is 1. The van der Waals surface area contributed by atoms with Crippen LogP contribution in [0.4, 0.5) is 0 Å². The molecule has 0 amide bonds. The number of hydrogen-bond acceptors (Lipinski definition) is 6. The number of aromatic amines is 1. The molecule has 3 saturated heterocycles. The number of fused-ring (bicyclic) bond motifs is 6. The van der Waals surface area contributed by atoms with Gasteiger partial charge in [0.2, 0.25) is 0 Å². The van der Waals surface area contributed by atoms with Crippen LogP contribution in [-0.4, -0.2) is 41.7 Å². The zero-order chi connectivity index (χ0) is 17.8. The van der Waals surface area contributed by atoms with E-state index in [1.54, 1.807) is 0 Å². The number of cyclic esters (lactones) is 2. The number of rotatable bonds is 4. The molecule has 0 spiro atoms. The first-order valence-corrected chi connectivity index (χ1v) is 8.73. The number of aromatic nitrogens is 1. The molecule has 0 radical (unpaired) electrons. The maximum absolute atomic E-state index is 12.2. The summed E-state index contributed by atoms with van der Waals surface area (Å²) in [5.74, 6) is -2.42. The number of nitrogens with one attached hydrogen (secondary N) is 1. The lowest BCUT2D eigenvalue weighted by molar-refractivity contribution is -0.156. The normalized spacial score (nSPS) is 32.1. The minimum absolute atomic E-state index is 0.0772. The zero-order valence-electron chi connectivity index (χ0n) is 13.8. The Labute approximate surface area is 148 Å². The van der Waals surface area contributed by atoms with E-state index in [-0.39, 0.29) is 31.0 Å². The molecule has 5 rings (SSSR count). The topological polar surface area (TPSA) is 94.7 Å². The van der Waals surface area contributed by atoms with Crippen molar-refractivity contribution in [3.63, 3.8) is 0 Å². The van der Waals surface area contributed by atoms with Crippen molar-refractivity contribution in [1.29, 1.82) is 0 Å². The third-order valence-corrected chi connectivity index (χ3v) is 5.69. The Kier molecular flexibility index (Phi) is 3.40. The summed E-state index contributed by atoms with van der Waals surface area (Å²) in [4.78, 5) is 38.9. The van der Waals surface area contributed by atoms with Crippen LogP contribution in [0.15, 0.2) is 30.5 Å². The fourth-order valence-corrected chi connectivity index (χ4v) is 4.51. The molecule has 134 valence electrons. The van der Waals surface area contributed by atoms with Crippen molar-refractivity contribution in [2.24, 2.45) is 17.8 Å². The van der Waals surface area contributed by atoms with Crippen molar-refractivity contribution >= 4 is 28.8 Å². The molecule has 5 atom stereocenters. The van der Waals surface area contributed by atoms with Crippen LogP contribution in [-0.2, 0) is 35.0 Å². The van der Waals surface area contributed by atoms with E-state index in [1.807, 2.05) is 30.5 Å². The third kappa shape index (κ3) is 2.27. The first-order chi connectivity index (χ1) is 12.6. The smallest absolute Gasteiger partial charge is 0.320 e. The maximum Gasteiger partial charge on any atom is 0.320 e. The maximum atomic E-state index is 12.2. The van der Waals surface area contributed by atoms with E-state index in [0.29, 0.717) is 6.42 Å². The predicted octanol–water partition coefficient (Wildman–Crippen LogP) is 1.36. The number of carbonyl (C=O) groups excluding carboxylic acids is 3. The third-order valence-electron chi connectivity index (χ3n) is 5.69. The molecule has 0 unspecified atom stereocenters. The predicted molar refractivity (Wildman–Crippen MR) is 87.8 cm³/mol. The van der Waals surface area contributed by atoms with Gasteiger partial charge in [-0.25, -0.2) is 0 Å². The van der Waals surface area contributed by atoms with Crippen molar-refractivity contribution < 1.29 is 28.6 Å². The molecule has 7 heteroatoms.